The van der Waals surface area contributed by atoms with Crippen LogP contribution in [0.2, 0.25) is 0 Å². The second-order valence-corrected chi connectivity index (χ2v) is 23.8. The minimum atomic E-state index is -0.866. The van der Waals surface area contributed by atoms with E-state index in [1.807, 2.05) is 41.9 Å². The Balaban J connectivity index is 0.000000221. The third kappa shape index (κ3) is 13.7. The van der Waals surface area contributed by atoms with Gasteiger partial charge in [-0.2, -0.15) is 23.5 Å². The normalized spacial score (nSPS) is 15.2. The summed E-state index contributed by atoms with van der Waals surface area (Å²) in [7, 11) is 0. The number of carbonyl (C=O) groups is 2. The van der Waals surface area contributed by atoms with Crippen molar-refractivity contribution in [1.82, 2.24) is 9.97 Å². The molecule has 2 aliphatic rings. The number of benzene rings is 4. The largest absolute Gasteiger partial charge is 0.481 e. The first-order chi connectivity index (χ1) is 36.4. The van der Waals surface area contributed by atoms with Crippen molar-refractivity contribution in [3.63, 3.8) is 0 Å². The van der Waals surface area contributed by atoms with E-state index in [1.54, 1.807) is 18.6 Å². The van der Waals surface area contributed by atoms with Gasteiger partial charge in [0.2, 0.25) is 0 Å². The Morgan fingerprint density at radius 3 is 1.39 bits per heavy atom. The van der Waals surface area contributed by atoms with Crippen LogP contribution in [0.1, 0.15) is 152 Å². The maximum Gasteiger partial charge on any atom is 0.307 e. The van der Waals surface area contributed by atoms with Gasteiger partial charge in [-0.05, 0) is 205 Å². The van der Waals surface area contributed by atoms with Gasteiger partial charge in [0.15, 0.2) is 0 Å². The molecule has 2 fully saturated rings. The number of hydrogen-bond donors (Lipinski definition) is 4. The van der Waals surface area contributed by atoms with Gasteiger partial charge in [-0.1, -0.05) is 106 Å². The first-order valence-corrected chi connectivity index (χ1v) is 29.6. The summed E-state index contributed by atoms with van der Waals surface area (Å²) in [6, 6.07) is 30.7. The zero-order chi connectivity index (χ0) is 54.7. The van der Waals surface area contributed by atoms with E-state index in [9.17, 15) is 19.8 Å². The van der Waals surface area contributed by atoms with Crippen molar-refractivity contribution in [2.24, 2.45) is 0 Å². The molecule has 8 rings (SSSR count). The van der Waals surface area contributed by atoms with Gasteiger partial charge >= 0.3 is 11.9 Å². The number of aryl methyl sites for hydroxylation is 5. The van der Waals surface area contributed by atoms with Crippen LogP contribution in [-0.2, 0) is 39.7 Å². The molecule has 2 aliphatic heterocycles. The Labute approximate surface area is 461 Å². The minimum absolute atomic E-state index is 0.0273. The van der Waals surface area contributed by atoms with Crippen molar-refractivity contribution < 1.29 is 30.0 Å². The lowest BCUT2D eigenvalue weighted by molar-refractivity contribution is -0.137. The predicted octanol–water partition coefficient (Wildman–Crippen LogP) is 14.0. The highest BCUT2D eigenvalue weighted by Gasteiger charge is 2.34. The molecule has 10 heteroatoms. The van der Waals surface area contributed by atoms with Crippen LogP contribution in [0.5, 0.6) is 0 Å². The molecule has 0 atom stereocenters. The van der Waals surface area contributed by atoms with Crippen molar-refractivity contribution in [3.05, 3.63) is 176 Å². The summed E-state index contributed by atoms with van der Waals surface area (Å²) in [6.07, 6.45) is 15.7. The standard InChI is InChI=1S/C33H41NO3S.C33H37NO3S/c2*1-5-33(6-2,28-8-7-26(23(3)17-28)11-12-32(37)13-15-38-16-14-32)29-9-10-30(24(4)18-29)27-19-25(20-31(35)36)21-34-22-27/h7-10,17-19,21-22,37H,5-6,11-16,20H2,1-4H3,(H,35,36);7-10,17-19,21-22,37H,5-6,13-16,20H2,1-4H3,(H,35,36). The molecule has 400 valence electrons. The Morgan fingerprint density at radius 2 is 0.974 bits per heavy atom. The molecular formula is C66H78N2O6S2. The summed E-state index contributed by atoms with van der Waals surface area (Å²) in [6.45, 7) is 17.6. The number of aliphatic carboxylic acids is 2. The van der Waals surface area contributed by atoms with E-state index in [2.05, 4.69) is 150 Å². The lowest BCUT2D eigenvalue weighted by atomic mass is 9.69. The number of aliphatic hydroxyl groups is 2. The Hall–Kier alpha value is -5.70. The molecule has 0 aliphatic carbocycles. The number of nitrogens with zero attached hydrogens (tertiary/aromatic N) is 2. The van der Waals surface area contributed by atoms with E-state index in [0.717, 1.165) is 132 Å². The average Bonchev–Trinajstić information content (AvgIpc) is 3.40. The van der Waals surface area contributed by atoms with Gasteiger partial charge in [0, 0.05) is 52.3 Å². The van der Waals surface area contributed by atoms with Crippen molar-refractivity contribution in [1.29, 1.82) is 0 Å². The smallest absolute Gasteiger partial charge is 0.307 e. The third-order valence-corrected chi connectivity index (χ3v) is 18.6. The van der Waals surface area contributed by atoms with Gasteiger partial charge in [0.05, 0.1) is 18.4 Å². The number of aromatic nitrogens is 2. The molecule has 0 unspecified atom stereocenters. The summed E-state index contributed by atoms with van der Waals surface area (Å²) in [4.78, 5) is 30.9. The Morgan fingerprint density at radius 1 is 0.553 bits per heavy atom. The summed E-state index contributed by atoms with van der Waals surface area (Å²) < 4.78 is 0. The van der Waals surface area contributed by atoms with Crippen LogP contribution in [-0.4, -0.2) is 76.5 Å². The number of rotatable bonds is 17. The molecule has 0 amide bonds. The molecular weight excluding hydrogens is 981 g/mol. The number of carboxylic acids is 2. The molecule has 76 heavy (non-hydrogen) atoms. The fraction of sp³-hybridized carbons (Fsp3) is 0.424. The van der Waals surface area contributed by atoms with Gasteiger partial charge < -0.3 is 20.4 Å². The maximum atomic E-state index is 11.2. The van der Waals surface area contributed by atoms with Gasteiger partial charge in [-0.3, -0.25) is 19.6 Å². The van der Waals surface area contributed by atoms with Crippen LogP contribution < -0.4 is 0 Å². The first-order valence-electron chi connectivity index (χ1n) is 27.3. The van der Waals surface area contributed by atoms with Crippen LogP contribution in [0.25, 0.3) is 22.3 Å². The lowest BCUT2D eigenvalue weighted by Crippen LogP contribution is -2.33. The van der Waals surface area contributed by atoms with Crippen LogP contribution >= 0.6 is 23.5 Å². The summed E-state index contributed by atoms with van der Waals surface area (Å²) in [5.41, 5.74) is 16.1. The second kappa shape index (κ2) is 25.6. The molecule has 6 aromatic rings. The van der Waals surface area contributed by atoms with Crippen LogP contribution in [0, 0.1) is 39.5 Å². The van der Waals surface area contributed by atoms with Gasteiger partial charge in [-0.25, -0.2) is 0 Å². The summed E-state index contributed by atoms with van der Waals surface area (Å²) in [5.74, 6) is 8.78. The summed E-state index contributed by atoms with van der Waals surface area (Å²) in [5, 5.41) is 40.1. The van der Waals surface area contributed by atoms with E-state index < -0.39 is 23.1 Å². The lowest BCUT2D eigenvalue weighted by Gasteiger charge is -2.35. The average molecular weight is 1060 g/mol. The van der Waals surface area contributed by atoms with E-state index in [1.165, 1.54) is 33.4 Å². The zero-order valence-corrected chi connectivity index (χ0v) is 47.7. The quantitative estimate of drug-likeness (QED) is 0.0653. The highest BCUT2D eigenvalue weighted by Crippen LogP contribution is 2.43. The van der Waals surface area contributed by atoms with Gasteiger partial charge in [-0.15, -0.1) is 0 Å². The van der Waals surface area contributed by atoms with Crippen molar-refractivity contribution in [3.8, 4) is 34.1 Å². The number of thioether (sulfide) groups is 2. The molecule has 0 saturated carbocycles. The van der Waals surface area contributed by atoms with Crippen molar-refractivity contribution in [2.45, 2.75) is 154 Å². The molecule has 4 N–H and O–H groups in total. The second-order valence-electron chi connectivity index (χ2n) is 21.3. The third-order valence-electron chi connectivity index (χ3n) is 16.6. The molecule has 2 saturated heterocycles. The van der Waals surface area contributed by atoms with Crippen LogP contribution in [0.3, 0.4) is 0 Å². The van der Waals surface area contributed by atoms with Gasteiger partial charge in [0.25, 0.3) is 0 Å². The van der Waals surface area contributed by atoms with Gasteiger partial charge in [0.1, 0.15) is 5.60 Å². The fourth-order valence-corrected chi connectivity index (χ4v) is 14.0. The molecule has 8 nitrogen and oxygen atoms in total. The molecule has 0 bridgehead atoms. The van der Waals surface area contributed by atoms with Crippen molar-refractivity contribution in [2.75, 3.05) is 23.0 Å². The van der Waals surface area contributed by atoms with E-state index >= 15 is 0 Å². The molecule has 2 aromatic heterocycles. The number of pyridine rings is 2. The SMILES string of the molecule is CCC(CC)(c1ccc(C#CC2(O)CCSCC2)c(C)c1)c1ccc(-c2cncc(CC(=O)O)c2)c(C)c1.CCC(CC)(c1ccc(CCC2(O)CCSCC2)c(C)c1)c1ccc(-c2cncc(CC(=O)O)c2)c(C)c1. The molecule has 0 radical (unpaired) electrons. The topological polar surface area (TPSA) is 141 Å². The minimum Gasteiger partial charge on any atom is -0.481 e. The number of hydrogen-bond acceptors (Lipinski definition) is 8. The van der Waals surface area contributed by atoms with Crippen LogP contribution in [0.15, 0.2) is 110 Å². The monoisotopic (exact) mass is 1060 g/mol. The molecule has 4 aromatic carbocycles. The fourth-order valence-electron chi connectivity index (χ4n) is 11.6. The number of carboxylic acid groups (broad SMARTS) is 2. The van der Waals surface area contributed by atoms with Crippen LogP contribution in [0.4, 0.5) is 0 Å². The Bertz CT molecular complexity index is 3060. The Kier molecular flexibility index (Phi) is 19.6. The molecule has 0 spiro atoms. The van der Waals surface area contributed by atoms with Crippen molar-refractivity contribution >= 4 is 35.5 Å². The molecule has 4 heterocycles. The maximum absolute atomic E-state index is 11.2. The van der Waals surface area contributed by atoms with E-state index in [0.29, 0.717) is 11.1 Å². The van der Waals surface area contributed by atoms with E-state index in [-0.39, 0.29) is 23.7 Å². The first kappa shape index (κ1) is 58.0. The zero-order valence-electron chi connectivity index (χ0n) is 46.0. The van der Waals surface area contributed by atoms with E-state index in [4.69, 9.17) is 10.2 Å². The highest BCUT2D eigenvalue weighted by molar-refractivity contribution is 7.99. The predicted molar refractivity (Wildman–Crippen MR) is 315 cm³/mol. The summed E-state index contributed by atoms with van der Waals surface area (Å²) >= 11 is 3.83. The highest BCUT2D eigenvalue weighted by atomic mass is 32.2.